The normalized spacial score (nSPS) is 12.2. The summed E-state index contributed by atoms with van der Waals surface area (Å²) in [6.45, 7) is 1.52. The highest BCUT2D eigenvalue weighted by Gasteiger charge is 2.37. The van der Waals surface area contributed by atoms with E-state index in [1.165, 1.54) is 18.2 Å². The van der Waals surface area contributed by atoms with Crippen LogP contribution >= 0.6 is 47.8 Å². The van der Waals surface area contributed by atoms with Gasteiger partial charge in [-0.1, -0.05) is 6.07 Å². The molecule has 0 unspecified atom stereocenters. The lowest BCUT2D eigenvalue weighted by Crippen LogP contribution is -2.36. The number of sulfone groups is 1. The quantitative estimate of drug-likeness (QED) is 0.465. The van der Waals surface area contributed by atoms with Gasteiger partial charge in [0.25, 0.3) is 5.91 Å². The van der Waals surface area contributed by atoms with Crippen LogP contribution in [0.1, 0.15) is 10.4 Å². The summed E-state index contributed by atoms with van der Waals surface area (Å²) in [6.07, 6.45) is 0. The van der Waals surface area contributed by atoms with Crippen molar-refractivity contribution in [2.24, 2.45) is 0 Å². The fourth-order valence-corrected chi connectivity index (χ4v) is 4.32. The molecular weight excluding hydrogens is 534 g/mol. The van der Waals surface area contributed by atoms with Crippen LogP contribution in [0, 0.1) is 0 Å². The largest absolute Gasteiger partial charge is 0.383 e. The number of carbonyl (C=O) groups is 1. The van der Waals surface area contributed by atoms with E-state index in [0.717, 1.165) is 0 Å². The van der Waals surface area contributed by atoms with Gasteiger partial charge in [0, 0.05) is 32.9 Å². The van der Waals surface area contributed by atoms with Crippen LogP contribution in [0.15, 0.2) is 29.2 Å². The molecule has 0 saturated heterocycles. The molecule has 24 heavy (non-hydrogen) atoms. The lowest BCUT2D eigenvalue weighted by molar-refractivity contribution is 0.0627. The molecule has 10 heteroatoms. The topological polar surface area (TPSA) is 72.9 Å². The van der Waals surface area contributed by atoms with E-state index in [-0.39, 0.29) is 16.4 Å². The fourth-order valence-electron chi connectivity index (χ4n) is 1.83. The predicted molar refractivity (Wildman–Crippen MR) is 103 cm³/mol. The number of alkyl halides is 3. The monoisotopic (exact) mass is 549 g/mol. The zero-order valence-corrected chi connectivity index (χ0v) is 18.7. The molecule has 0 aliphatic heterocycles. The van der Waals surface area contributed by atoms with Gasteiger partial charge in [0.15, 0.2) is 0 Å². The van der Waals surface area contributed by atoms with Crippen LogP contribution in [0.2, 0.25) is 0 Å². The number of benzene rings is 1. The molecule has 1 aromatic carbocycles. The van der Waals surface area contributed by atoms with Crippen molar-refractivity contribution < 1.29 is 22.7 Å². The van der Waals surface area contributed by atoms with E-state index >= 15 is 0 Å². The molecule has 0 aliphatic carbocycles. The minimum absolute atomic E-state index is 0.0115. The van der Waals surface area contributed by atoms with Gasteiger partial charge in [-0.3, -0.25) is 4.79 Å². The van der Waals surface area contributed by atoms with Crippen molar-refractivity contribution in [1.29, 1.82) is 0 Å². The Kier molecular flexibility index (Phi) is 8.84. The molecule has 0 aromatic heterocycles. The number of methoxy groups -OCH3 is 2. The third kappa shape index (κ3) is 5.77. The number of amides is 1. The molecule has 0 atom stereocenters. The zero-order chi connectivity index (χ0) is 18.4. The number of ether oxygens (including phenoxy) is 2. The van der Waals surface area contributed by atoms with E-state index in [9.17, 15) is 13.2 Å². The molecule has 136 valence electrons. The van der Waals surface area contributed by atoms with Crippen LogP contribution < -0.4 is 0 Å². The summed E-state index contributed by atoms with van der Waals surface area (Å²) < 4.78 is 33.4. The van der Waals surface area contributed by atoms with Crippen molar-refractivity contribution in [1.82, 2.24) is 4.90 Å². The molecule has 1 rings (SSSR count). The predicted octanol–water partition coefficient (Wildman–Crippen LogP) is 2.99. The van der Waals surface area contributed by atoms with Crippen molar-refractivity contribution in [3.05, 3.63) is 29.8 Å². The van der Waals surface area contributed by atoms with Gasteiger partial charge in [-0.15, -0.1) is 0 Å². The van der Waals surface area contributed by atoms with E-state index in [2.05, 4.69) is 47.8 Å². The van der Waals surface area contributed by atoms with E-state index in [4.69, 9.17) is 9.47 Å². The molecule has 0 N–H and O–H groups in total. The Morgan fingerprint density at radius 1 is 1.12 bits per heavy atom. The van der Waals surface area contributed by atoms with E-state index in [1.807, 2.05) is 0 Å². The summed E-state index contributed by atoms with van der Waals surface area (Å²) in [6, 6.07) is 5.89. The van der Waals surface area contributed by atoms with Crippen LogP contribution in [-0.4, -0.2) is 61.2 Å². The summed E-state index contributed by atoms with van der Waals surface area (Å²) in [5.41, 5.74) is 0.278. The Morgan fingerprint density at radius 3 is 2.12 bits per heavy atom. The minimum atomic E-state index is -3.76. The fraction of sp³-hybridized carbons (Fsp3) is 0.500. The average molecular weight is 552 g/mol. The Balaban J connectivity index is 3.12. The summed E-state index contributed by atoms with van der Waals surface area (Å²) in [4.78, 5) is 14.2. The first-order chi connectivity index (χ1) is 11.1. The molecule has 0 saturated carbocycles. The van der Waals surface area contributed by atoms with Crippen molar-refractivity contribution in [3.8, 4) is 0 Å². The second kappa shape index (κ2) is 9.63. The smallest absolute Gasteiger partial charge is 0.254 e. The Bertz CT molecular complexity index is 653. The van der Waals surface area contributed by atoms with Gasteiger partial charge in [0.1, 0.15) is 0 Å². The Hall–Kier alpha value is 0.000000000000000111. The molecule has 1 amide bonds. The van der Waals surface area contributed by atoms with Crippen LogP contribution in [0.25, 0.3) is 0 Å². The molecule has 0 heterocycles. The zero-order valence-electron chi connectivity index (χ0n) is 13.2. The second-order valence-electron chi connectivity index (χ2n) is 4.75. The molecule has 0 fully saturated rings. The van der Waals surface area contributed by atoms with Crippen molar-refractivity contribution in [2.45, 2.75) is 6.37 Å². The third-order valence-corrected chi connectivity index (χ3v) is 8.43. The first kappa shape index (κ1) is 22.0. The van der Waals surface area contributed by atoms with E-state index < -0.39 is 11.3 Å². The van der Waals surface area contributed by atoms with Crippen LogP contribution in [0.5, 0.6) is 0 Å². The van der Waals surface area contributed by atoms with Crippen LogP contribution in [-0.2, 0) is 19.3 Å². The Morgan fingerprint density at radius 2 is 1.67 bits per heavy atom. The van der Waals surface area contributed by atoms with Gasteiger partial charge < -0.3 is 14.4 Å². The van der Waals surface area contributed by atoms with Gasteiger partial charge in [-0.2, -0.15) is 0 Å². The van der Waals surface area contributed by atoms with E-state index in [1.54, 1.807) is 25.2 Å². The van der Waals surface area contributed by atoms with Gasteiger partial charge in [-0.05, 0) is 66.0 Å². The number of carbonyl (C=O) groups excluding carboxylic acids is 1. The maximum Gasteiger partial charge on any atom is 0.254 e. The number of hydrogen-bond acceptors (Lipinski definition) is 5. The molecule has 0 bridgehead atoms. The van der Waals surface area contributed by atoms with Gasteiger partial charge in [0.2, 0.25) is 11.3 Å². The number of rotatable bonds is 8. The van der Waals surface area contributed by atoms with Gasteiger partial charge >= 0.3 is 0 Å². The summed E-state index contributed by atoms with van der Waals surface area (Å²) in [7, 11) is -0.663. The maximum atomic E-state index is 12.7. The first-order valence-electron chi connectivity index (χ1n) is 6.83. The van der Waals surface area contributed by atoms with E-state index in [0.29, 0.717) is 26.3 Å². The highest BCUT2D eigenvalue weighted by atomic mass is 80.0. The second-order valence-corrected chi connectivity index (χ2v) is 15.2. The average Bonchev–Trinajstić information content (AvgIpc) is 2.53. The van der Waals surface area contributed by atoms with Crippen LogP contribution in [0.3, 0.4) is 0 Å². The number of nitrogens with zero attached hydrogens (tertiary/aromatic N) is 1. The minimum Gasteiger partial charge on any atom is -0.383 e. The molecule has 6 nitrogen and oxygen atoms in total. The first-order valence-corrected chi connectivity index (χ1v) is 10.7. The standard InChI is InChI=1S/C14H18Br3NO5S/c1-22-8-6-18(7-9-23-2)13(19)11-4-3-5-12(10-11)24(20,21)14(15,16)17/h3-5,10H,6-9H2,1-2H3. The van der Waals surface area contributed by atoms with Crippen molar-refractivity contribution >= 4 is 63.5 Å². The summed E-state index contributed by atoms with van der Waals surface area (Å²) in [5, 5.41) is 0. The molecule has 0 spiro atoms. The molecular formula is C14H18Br3NO5S. The Labute approximate surface area is 167 Å². The van der Waals surface area contributed by atoms with Gasteiger partial charge in [-0.25, -0.2) is 8.42 Å². The summed E-state index contributed by atoms with van der Waals surface area (Å²) in [5.74, 6) is -0.287. The molecule has 1 aromatic rings. The molecule has 0 aliphatic rings. The lowest BCUT2D eigenvalue weighted by Gasteiger charge is -2.22. The maximum absolute atomic E-state index is 12.7. The number of hydrogen-bond donors (Lipinski definition) is 0. The van der Waals surface area contributed by atoms with Crippen molar-refractivity contribution in [2.75, 3.05) is 40.5 Å². The molecule has 0 radical (unpaired) electrons. The highest BCUT2D eigenvalue weighted by molar-refractivity contribution is 9.42. The van der Waals surface area contributed by atoms with Crippen LogP contribution in [0.4, 0.5) is 0 Å². The van der Waals surface area contributed by atoms with Gasteiger partial charge in [0.05, 0.1) is 18.1 Å². The number of halogens is 3. The third-order valence-electron chi connectivity index (χ3n) is 3.11. The lowest BCUT2D eigenvalue weighted by atomic mass is 10.2. The summed E-state index contributed by atoms with van der Waals surface area (Å²) >= 11 is 9.04. The highest BCUT2D eigenvalue weighted by Crippen LogP contribution is 2.43. The SMILES string of the molecule is COCCN(CCOC)C(=O)c1cccc(S(=O)(=O)C(Br)(Br)Br)c1. The van der Waals surface area contributed by atoms with Crippen molar-refractivity contribution in [3.63, 3.8) is 0 Å².